The minimum Gasteiger partial charge on any atom is -0.0764 e. The summed E-state index contributed by atoms with van der Waals surface area (Å²) in [4.78, 5) is 0. The van der Waals surface area contributed by atoms with E-state index in [1.54, 1.807) is 5.31 Å². The van der Waals surface area contributed by atoms with Crippen molar-refractivity contribution in [2.45, 2.75) is 59.8 Å². The lowest BCUT2D eigenvalue weighted by Gasteiger charge is -2.27. The lowest BCUT2D eigenvalue weighted by molar-refractivity contribution is 0.346. The molecule has 0 heterocycles. The maximum Gasteiger partial charge on any atom is 0.000785 e. The topological polar surface area (TPSA) is 0 Å². The molecule has 0 saturated heterocycles. The van der Waals surface area contributed by atoms with Crippen LogP contribution in [0.2, 0.25) is 0 Å². The molecule has 1 unspecified atom stereocenters. The second kappa shape index (κ2) is 5.05. The lowest BCUT2D eigenvalue weighted by Crippen LogP contribution is -2.14. The fourth-order valence-electron chi connectivity index (χ4n) is 2.40. The van der Waals surface area contributed by atoms with Gasteiger partial charge in [0.05, 0.1) is 0 Å². The molecule has 1 aliphatic rings. The SMILES string of the molecule is CC(C)P(C1=CC(C(C)(C)C)C=C1)C(C)C. The zero-order valence-electron chi connectivity index (χ0n) is 11.9. The molecule has 0 bridgehead atoms. The largest absolute Gasteiger partial charge is 0.0764 e. The van der Waals surface area contributed by atoms with Gasteiger partial charge in [-0.25, -0.2) is 0 Å². The first-order chi connectivity index (χ1) is 7.23. The molecule has 1 aliphatic carbocycles. The molecule has 0 spiro atoms. The van der Waals surface area contributed by atoms with Crippen LogP contribution in [0.1, 0.15) is 48.5 Å². The van der Waals surface area contributed by atoms with Crippen LogP contribution in [0.5, 0.6) is 0 Å². The van der Waals surface area contributed by atoms with Crippen molar-refractivity contribution in [2.24, 2.45) is 11.3 Å². The maximum absolute atomic E-state index is 2.52. The summed E-state index contributed by atoms with van der Waals surface area (Å²) in [6.45, 7) is 16.4. The fourth-order valence-corrected chi connectivity index (χ4v) is 5.38. The van der Waals surface area contributed by atoms with Gasteiger partial charge in [0, 0.05) is 5.92 Å². The van der Waals surface area contributed by atoms with Crippen LogP contribution in [0.15, 0.2) is 23.5 Å². The van der Waals surface area contributed by atoms with Crippen molar-refractivity contribution >= 4 is 7.92 Å². The Morgan fingerprint density at radius 3 is 1.88 bits per heavy atom. The third-order valence-corrected chi connectivity index (χ3v) is 6.36. The summed E-state index contributed by atoms with van der Waals surface area (Å²) >= 11 is 0. The molecule has 0 aromatic rings. The smallest absolute Gasteiger partial charge is 0.000785 e. The second-order valence-corrected chi connectivity index (χ2v) is 9.83. The van der Waals surface area contributed by atoms with Crippen molar-refractivity contribution in [3.8, 4) is 0 Å². The molecule has 1 heteroatoms. The average Bonchev–Trinajstić information content (AvgIpc) is 2.50. The minimum absolute atomic E-state index is 0.0207. The van der Waals surface area contributed by atoms with Crippen LogP contribution in [0.4, 0.5) is 0 Å². The average molecular weight is 238 g/mol. The summed E-state index contributed by atoms with van der Waals surface area (Å²) in [5, 5.41) is 1.62. The first-order valence-electron chi connectivity index (χ1n) is 6.42. The van der Waals surface area contributed by atoms with Gasteiger partial charge in [-0.3, -0.25) is 0 Å². The van der Waals surface area contributed by atoms with Gasteiger partial charge in [0.25, 0.3) is 0 Å². The van der Waals surface area contributed by atoms with E-state index in [2.05, 4.69) is 66.7 Å². The van der Waals surface area contributed by atoms with Gasteiger partial charge in [-0.2, -0.15) is 0 Å². The third kappa shape index (κ3) is 3.20. The van der Waals surface area contributed by atoms with Gasteiger partial charge in [0.15, 0.2) is 0 Å². The molecule has 0 fully saturated rings. The zero-order chi connectivity index (χ0) is 12.5. The van der Waals surface area contributed by atoms with Crippen LogP contribution < -0.4 is 0 Å². The molecule has 0 N–H and O–H groups in total. The summed E-state index contributed by atoms with van der Waals surface area (Å²) in [5.41, 5.74) is 1.96. The molecule has 0 amide bonds. The molecular formula is C15H27P. The van der Waals surface area contributed by atoms with Gasteiger partial charge < -0.3 is 0 Å². The Labute approximate surface area is 103 Å². The third-order valence-electron chi connectivity index (χ3n) is 3.24. The number of hydrogen-bond acceptors (Lipinski definition) is 0. The predicted molar refractivity (Wildman–Crippen MR) is 77.4 cm³/mol. The van der Waals surface area contributed by atoms with E-state index < -0.39 is 0 Å². The van der Waals surface area contributed by atoms with Crippen molar-refractivity contribution in [2.75, 3.05) is 0 Å². The zero-order valence-corrected chi connectivity index (χ0v) is 12.8. The molecule has 0 radical (unpaired) electrons. The van der Waals surface area contributed by atoms with E-state index in [-0.39, 0.29) is 7.92 Å². The lowest BCUT2D eigenvalue weighted by atomic mass is 9.82. The predicted octanol–water partition coefficient (Wildman–Crippen LogP) is 5.40. The van der Waals surface area contributed by atoms with E-state index in [4.69, 9.17) is 0 Å². The molecule has 0 nitrogen and oxygen atoms in total. The van der Waals surface area contributed by atoms with Crippen LogP contribution in [0, 0.1) is 11.3 Å². The van der Waals surface area contributed by atoms with Gasteiger partial charge in [-0.15, -0.1) is 0 Å². The highest BCUT2D eigenvalue weighted by Crippen LogP contribution is 2.56. The Bertz CT molecular complexity index is 281. The monoisotopic (exact) mass is 238 g/mol. The van der Waals surface area contributed by atoms with Gasteiger partial charge in [-0.05, 0) is 22.0 Å². The Morgan fingerprint density at radius 2 is 1.56 bits per heavy atom. The fraction of sp³-hybridized carbons (Fsp3) is 0.733. The van der Waals surface area contributed by atoms with Crippen LogP contribution in [0.3, 0.4) is 0 Å². The summed E-state index contributed by atoms with van der Waals surface area (Å²) in [6.07, 6.45) is 7.31. The molecular weight excluding hydrogens is 211 g/mol. The Kier molecular flexibility index (Phi) is 4.41. The van der Waals surface area contributed by atoms with Crippen molar-refractivity contribution in [1.29, 1.82) is 0 Å². The number of allylic oxidation sites excluding steroid dienone is 4. The van der Waals surface area contributed by atoms with Crippen LogP contribution in [-0.4, -0.2) is 11.3 Å². The molecule has 92 valence electrons. The van der Waals surface area contributed by atoms with Gasteiger partial charge in [-0.1, -0.05) is 74.6 Å². The highest BCUT2D eigenvalue weighted by atomic mass is 31.1. The Hall–Kier alpha value is -0.0900. The Balaban J connectivity index is 2.87. The first kappa shape index (κ1) is 14.0. The quantitative estimate of drug-likeness (QED) is 0.577. The summed E-state index contributed by atoms with van der Waals surface area (Å²) in [5.74, 6) is 0.630. The highest BCUT2D eigenvalue weighted by Gasteiger charge is 2.28. The van der Waals surface area contributed by atoms with Crippen LogP contribution >= 0.6 is 7.92 Å². The first-order valence-corrected chi connectivity index (χ1v) is 7.90. The van der Waals surface area contributed by atoms with Crippen molar-refractivity contribution < 1.29 is 0 Å². The molecule has 1 rings (SSSR count). The summed E-state index contributed by atoms with van der Waals surface area (Å²) in [6, 6.07) is 0. The normalized spacial score (nSPS) is 21.4. The van der Waals surface area contributed by atoms with E-state index in [0.717, 1.165) is 11.3 Å². The van der Waals surface area contributed by atoms with Crippen LogP contribution in [0.25, 0.3) is 0 Å². The van der Waals surface area contributed by atoms with Crippen LogP contribution in [-0.2, 0) is 0 Å². The molecule has 0 saturated carbocycles. The van der Waals surface area contributed by atoms with E-state index in [1.165, 1.54) is 0 Å². The molecule has 0 aromatic carbocycles. The number of hydrogen-bond donors (Lipinski definition) is 0. The Morgan fingerprint density at radius 1 is 1.06 bits per heavy atom. The summed E-state index contributed by atoms with van der Waals surface area (Å²) < 4.78 is 0. The van der Waals surface area contributed by atoms with E-state index >= 15 is 0 Å². The van der Waals surface area contributed by atoms with Crippen molar-refractivity contribution in [1.82, 2.24) is 0 Å². The highest BCUT2D eigenvalue weighted by molar-refractivity contribution is 7.63. The van der Waals surface area contributed by atoms with E-state index in [9.17, 15) is 0 Å². The van der Waals surface area contributed by atoms with Gasteiger partial charge in [0.1, 0.15) is 0 Å². The standard InChI is InChI=1S/C15H27P/c1-11(2)16(12(3)4)14-9-8-13(10-14)15(5,6)7/h8-13H,1-7H3. The summed E-state index contributed by atoms with van der Waals surface area (Å²) in [7, 11) is 0.0207. The molecule has 0 aromatic heterocycles. The van der Waals surface area contributed by atoms with Crippen molar-refractivity contribution in [3.05, 3.63) is 23.5 Å². The van der Waals surface area contributed by atoms with E-state index in [0.29, 0.717) is 11.3 Å². The second-order valence-electron chi connectivity index (χ2n) is 6.44. The maximum atomic E-state index is 2.52. The van der Waals surface area contributed by atoms with Crippen molar-refractivity contribution in [3.63, 3.8) is 0 Å². The van der Waals surface area contributed by atoms with Gasteiger partial charge in [0.2, 0.25) is 0 Å². The molecule has 16 heavy (non-hydrogen) atoms. The van der Waals surface area contributed by atoms with Gasteiger partial charge >= 0.3 is 0 Å². The minimum atomic E-state index is 0.0207. The van der Waals surface area contributed by atoms with E-state index in [1.807, 2.05) is 0 Å². The molecule has 1 atom stereocenters. The number of rotatable bonds is 3. The molecule has 0 aliphatic heterocycles.